The maximum atomic E-state index is 12.7. The Bertz CT molecular complexity index is 734. The Balaban J connectivity index is 1.58. The summed E-state index contributed by atoms with van der Waals surface area (Å²) in [6, 6.07) is 0. The van der Waals surface area contributed by atoms with Crippen molar-refractivity contribution < 1.29 is 19.1 Å². The summed E-state index contributed by atoms with van der Waals surface area (Å²) in [4.78, 5) is 40.5. The minimum atomic E-state index is -0.519. The zero-order valence-electron chi connectivity index (χ0n) is 16.5. The third-order valence-electron chi connectivity index (χ3n) is 5.88. The summed E-state index contributed by atoms with van der Waals surface area (Å²) in [5.41, 5.74) is 0.772. The van der Waals surface area contributed by atoms with Crippen LogP contribution >= 0.6 is 0 Å². The molecule has 3 heterocycles. The number of likely N-dealkylation sites (tertiary alicyclic amines) is 2. The number of nitrogens with zero attached hydrogens (tertiary/aromatic N) is 4. The normalized spacial score (nSPS) is 22.7. The van der Waals surface area contributed by atoms with Gasteiger partial charge < -0.3 is 14.5 Å². The van der Waals surface area contributed by atoms with E-state index < -0.39 is 23.1 Å². The first kappa shape index (κ1) is 19.4. The van der Waals surface area contributed by atoms with Crippen LogP contribution in [-0.2, 0) is 26.2 Å². The predicted octanol–water partition coefficient (Wildman–Crippen LogP) is 0.784. The number of aromatic nitrogens is 2. The van der Waals surface area contributed by atoms with Crippen LogP contribution < -0.4 is 0 Å². The summed E-state index contributed by atoms with van der Waals surface area (Å²) in [6.45, 7) is 5.57. The summed E-state index contributed by atoms with van der Waals surface area (Å²) >= 11 is 0. The molecule has 2 aliphatic heterocycles. The first-order chi connectivity index (χ1) is 12.7. The molecule has 1 unspecified atom stereocenters. The Morgan fingerprint density at radius 1 is 1.15 bits per heavy atom. The first-order valence-corrected chi connectivity index (χ1v) is 9.37. The van der Waals surface area contributed by atoms with E-state index in [0.717, 1.165) is 12.8 Å². The highest BCUT2D eigenvalue weighted by Gasteiger charge is 2.47. The Morgan fingerprint density at radius 2 is 1.78 bits per heavy atom. The van der Waals surface area contributed by atoms with Crippen LogP contribution in [0.25, 0.3) is 0 Å². The summed E-state index contributed by atoms with van der Waals surface area (Å²) in [7, 11) is 3.24. The second-order valence-electron chi connectivity index (χ2n) is 8.26. The number of piperidine rings is 1. The van der Waals surface area contributed by atoms with Crippen molar-refractivity contribution >= 4 is 17.8 Å². The standard InChI is InChI=1S/C19H28N4O4/c1-19(2)12-23(11-15(19)18(26)27-4)17(25)16(24)22-7-5-13(6-8-22)14-9-20-21(3)10-14/h9-10,13,15H,5-8,11-12H2,1-4H3. The van der Waals surface area contributed by atoms with Gasteiger partial charge in [-0.15, -0.1) is 0 Å². The summed E-state index contributed by atoms with van der Waals surface area (Å²) < 4.78 is 6.63. The molecule has 1 atom stereocenters. The van der Waals surface area contributed by atoms with Crippen molar-refractivity contribution in [3.63, 3.8) is 0 Å². The predicted molar refractivity (Wildman–Crippen MR) is 97.6 cm³/mol. The van der Waals surface area contributed by atoms with E-state index in [-0.39, 0.29) is 12.5 Å². The first-order valence-electron chi connectivity index (χ1n) is 9.37. The van der Waals surface area contributed by atoms with Crippen molar-refractivity contribution in [1.82, 2.24) is 19.6 Å². The van der Waals surface area contributed by atoms with Crippen LogP contribution in [0.3, 0.4) is 0 Å². The lowest BCUT2D eigenvalue weighted by molar-refractivity contribution is -0.152. The highest BCUT2D eigenvalue weighted by Crippen LogP contribution is 2.36. The second-order valence-corrected chi connectivity index (χ2v) is 8.26. The zero-order chi connectivity index (χ0) is 19.8. The van der Waals surface area contributed by atoms with Crippen LogP contribution in [0.4, 0.5) is 0 Å². The molecule has 8 nitrogen and oxygen atoms in total. The molecule has 0 saturated carbocycles. The van der Waals surface area contributed by atoms with Gasteiger partial charge in [-0.25, -0.2) is 0 Å². The quantitative estimate of drug-likeness (QED) is 0.563. The molecule has 2 aliphatic rings. The summed E-state index contributed by atoms with van der Waals surface area (Å²) in [5.74, 6) is -1.36. The van der Waals surface area contributed by atoms with Crippen LogP contribution in [0.1, 0.15) is 38.2 Å². The van der Waals surface area contributed by atoms with Crippen molar-refractivity contribution in [3.05, 3.63) is 18.0 Å². The molecule has 0 radical (unpaired) electrons. The maximum Gasteiger partial charge on any atom is 0.312 e. The van der Waals surface area contributed by atoms with Crippen molar-refractivity contribution in [2.24, 2.45) is 18.4 Å². The zero-order valence-corrected chi connectivity index (χ0v) is 16.5. The molecule has 27 heavy (non-hydrogen) atoms. The Labute approximate surface area is 159 Å². The molecule has 2 saturated heterocycles. The minimum absolute atomic E-state index is 0.233. The number of hydrogen-bond acceptors (Lipinski definition) is 5. The lowest BCUT2D eigenvalue weighted by Crippen LogP contribution is -2.47. The molecule has 0 N–H and O–H groups in total. The van der Waals surface area contributed by atoms with Crippen LogP contribution in [0.2, 0.25) is 0 Å². The van der Waals surface area contributed by atoms with Gasteiger partial charge in [0.15, 0.2) is 0 Å². The van der Waals surface area contributed by atoms with Gasteiger partial charge in [0.25, 0.3) is 0 Å². The number of esters is 1. The van der Waals surface area contributed by atoms with Crippen LogP contribution in [0.15, 0.2) is 12.4 Å². The van der Waals surface area contributed by atoms with Gasteiger partial charge in [-0.2, -0.15) is 5.10 Å². The van der Waals surface area contributed by atoms with E-state index in [1.165, 1.54) is 17.6 Å². The molecule has 8 heteroatoms. The highest BCUT2D eigenvalue weighted by atomic mass is 16.5. The number of carbonyl (C=O) groups is 3. The molecule has 2 fully saturated rings. The number of carbonyl (C=O) groups excluding carboxylic acids is 3. The maximum absolute atomic E-state index is 12.7. The van der Waals surface area contributed by atoms with E-state index in [0.29, 0.717) is 25.6 Å². The fourth-order valence-corrected chi connectivity index (χ4v) is 4.16. The van der Waals surface area contributed by atoms with Crippen LogP contribution in [0.5, 0.6) is 0 Å². The molecular weight excluding hydrogens is 348 g/mol. The summed E-state index contributed by atoms with van der Waals surface area (Å²) in [5, 5.41) is 4.21. The molecule has 0 spiro atoms. The van der Waals surface area contributed by atoms with Gasteiger partial charge in [0.05, 0.1) is 19.2 Å². The molecular formula is C19H28N4O4. The Hall–Kier alpha value is -2.38. The number of ether oxygens (including phenoxy) is 1. The molecule has 148 valence electrons. The number of hydrogen-bond donors (Lipinski definition) is 0. The fourth-order valence-electron chi connectivity index (χ4n) is 4.16. The molecule has 2 amide bonds. The number of amides is 2. The molecule has 3 rings (SSSR count). The van der Waals surface area contributed by atoms with Gasteiger partial charge in [0, 0.05) is 39.4 Å². The third kappa shape index (κ3) is 3.84. The molecule has 1 aromatic rings. The van der Waals surface area contributed by atoms with Gasteiger partial charge in [-0.3, -0.25) is 19.1 Å². The van der Waals surface area contributed by atoms with Crippen molar-refractivity contribution in [2.45, 2.75) is 32.6 Å². The van der Waals surface area contributed by atoms with Crippen LogP contribution in [0, 0.1) is 11.3 Å². The molecule has 1 aromatic heterocycles. The number of rotatable bonds is 2. The second kappa shape index (κ2) is 7.32. The van der Waals surface area contributed by atoms with Gasteiger partial charge in [0.2, 0.25) is 0 Å². The van der Waals surface area contributed by atoms with E-state index in [1.54, 1.807) is 9.58 Å². The number of methoxy groups -OCH3 is 1. The third-order valence-corrected chi connectivity index (χ3v) is 5.88. The van der Waals surface area contributed by atoms with Crippen LogP contribution in [-0.4, -0.2) is 70.7 Å². The van der Waals surface area contributed by atoms with Crippen molar-refractivity contribution in [1.29, 1.82) is 0 Å². The van der Waals surface area contributed by atoms with E-state index in [2.05, 4.69) is 5.10 Å². The molecule has 0 bridgehead atoms. The van der Waals surface area contributed by atoms with Gasteiger partial charge >= 0.3 is 17.8 Å². The van der Waals surface area contributed by atoms with E-state index in [4.69, 9.17) is 4.74 Å². The van der Waals surface area contributed by atoms with Gasteiger partial charge in [0.1, 0.15) is 0 Å². The van der Waals surface area contributed by atoms with E-state index in [9.17, 15) is 14.4 Å². The largest absolute Gasteiger partial charge is 0.469 e. The Kier molecular flexibility index (Phi) is 5.26. The minimum Gasteiger partial charge on any atom is -0.469 e. The van der Waals surface area contributed by atoms with Crippen molar-refractivity contribution in [2.75, 3.05) is 33.3 Å². The van der Waals surface area contributed by atoms with E-state index >= 15 is 0 Å². The summed E-state index contributed by atoms with van der Waals surface area (Å²) in [6.07, 6.45) is 5.51. The lowest BCUT2D eigenvalue weighted by Gasteiger charge is -2.32. The van der Waals surface area contributed by atoms with Gasteiger partial charge in [-0.1, -0.05) is 13.8 Å². The molecule has 0 aliphatic carbocycles. The Morgan fingerprint density at radius 3 is 2.33 bits per heavy atom. The smallest absolute Gasteiger partial charge is 0.312 e. The monoisotopic (exact) mass is 376 g/mol. The molecule has 0 aromatic carbocycles. The number of aryl methyl sites for hydroxylation is 1. The average molecular weight is 376 g/mol. The van der Waals surface area contributed by atoms with Gasteiger partial charge in [-0.05, 0) is 29.7 Å². The van der Waals surface area contributed by atoms with Crippen molar-refractivity contribution in [3.8, 4) is 0 Å². The average Bonchev–Trinajstić information content (AvgIpc) is 3.22. The topological polar surface area (TPSA) is 84.7 Å². The SMILES string of the molecule is COC(=O)C1CN(C(=O)C(=O)N2CCC(c3cnn(C)c3)CC2)CC1(C)C. The highest BCUT2D eigenvalue weighted by molar-refractivity contribution is 6.35. The lowest BCUT2D eigenvalue weighted by atomic mass is 9.82. The fraction of sp³-hybridized carbons (Fsp3) is 0.684. The van der Waals surface area contributed by atoms with E-state index in [1.807, 2.05) is 33.3 Å².